The van der Waals surface area contributed by atoms with Gasteiger partial charge in [0.05, 0.1) is 21.3 Å². The second kappa shape index (κ2) is 18.9. The van der Waals surface area contributed by atoms with E-state index in [1.165, 1.54) is 46.7 Å². The highest BCUT2D eigenvalue weighted by Crippen LogP contribution is 2.33. The number of rotatable bonds is 3. The number of hydrogen-bond donors (Lipinski definition) is 1. The maximum Gasteiger partial charge on any atom is 0.410 e. The summed E-state index contributed by atoms with van der Waals surface area (Å²) in [6, 6.07) is 14.0. The van der Waals surface area contributed by atoms with Gasteiger partial charge in [0, 0.05) is 107 Å². The van der Waals surface area contributed by atoms with E-state index in [4.69, 9.17) is 24.6 Å². The lowest BCUT2D eigenvalue weighted by Crippen LogP contribution is -2.40. The van der Waals surface area contributed by atoms with Crippen LogP contribution < -0.4 is 0 Å². The van der Waals surface area contributed by atoms with Crippen LogP contribution in [0.15, 0.2) is 78.0 Å². The molecule has 320 valence electrons. The molecular weight excluding hydrogens is 828 g/mol. The minimum absolute atomic E-state index is 0.0310. The smallest absolute Gasteiger partial charge is 0.410 e. The number of aryl methyl sites for hydroxylation is 4. The molecule has 0 atom stereocenters. The summed E-state index contributed by atoms with van der Waals surface area (Å²) in [5.41, 5.74) is 7.33. The summed E-state index contributed by atoms with van der Waals surface area (Å²) in [4.78, 5) is 41.2. The molecule has 0 bridgehead atoms. The molecule has 61 heavy (non-hydrogen) atoms. The summed E-state index contributed by atoms with van der Waals surface area (Å²) in [5, 5.41) is 1.95. The summed E-state index contributed by atoms with van der Waals surface area (Å²) in [6.45, 7) is 8.30. The molecule has 2 aliphatic heterocycles. The molecule has 0 unspecified atom stereocenters. The van der Waals surface area contributed by atoms with Crippen molar-refractivity contribution in [3.05, 3.63) is 134 Å². The van der Waals surface area contributed by atoms with Crippen molar-refractivity contribution in [2.24, 2.45) is 0 Å². The van der Waals surface area contributed by atoms with Gasteiger partial charge in [0.25, 0.3) is 0 Å². The third-order valence-electron chi connectivity index (χ3n) is 9.70. The Hall–Kier alpha value is -5.68. The predicted molar refractivity (Wildman–Crippen MR) is 252 cm³/mol. The minimum Gasteiger partial charge on any atom is -0.444 e. The average Bonchev–Trinajstić information content (AvgIpc) is 3.78. The lowest BCUT2D eigenvalue weighted by molar-refractivity contribution is 0.0214. The maximum atomic E-state index is 12.8. The molecule has 4 aromatic heterocycles. The number of nitrogens with one attached hydrogen (secondary N) is 1. The highest BCUT2D eigenvalue weighted by molar-refractivity contribution is 9.11. The highest BCUT2D eigenvalue weighted by atomic mass is 79.9. The van der Waals surface area contributed by atoms with Crippen LogP contribution in [-0.2, 0) is 35.4 Å². The number of pyridine rings is 2. The quantitative estimate of drug-likeness (QED) is 0.190. The number of H-pyrrole nitrogens is 1. The van der Waals surface area contributed by atoms with E-state index < -0.39 is 37.9 Å². The van der Waals surface area contributed by atoms with Crippen molar-refractivity contribution in [1.29, 1.82) is 0 Å². The molecule has 0 saturated carbocycles. The Morgan fingerprint density at radius 3 is 1.95 bits per heavy atom. The van der Waals surface area contributed by atoms with Gasteiger partial charge in [-0.3, -0.25) is 9.97 Å². The summed E-state index contributed by atoms with van der Waals surface area (Å²) >= 11 is 3.08. The first-order valence-corrected chi connectivity index (χ1v) is 20.9. The standard InChI is InChI=1S/C25H29N3O2.C17H22N2O2.C8H8BrN/c1-17-6-9-22-20(14-17)21-16-27(24(29)30-25(3,4)5)12-11-23(21)28(22)13-10-19-8-7-18(2)26-15-19;1-11-5-6-14-12(9-11)13-10-19(8-7-15(13)18-14)16(20)21-17(2,3)4;1-7-2-3-8(4-5-9)6-10-7/h6-10,13-15H,11-12,16H2,1-5H3;5-6,9,18H,7-8,10H2,1-4H3;2-6H,1H3/i1D3,2D3,8D;;1D3,3D. The fourth-order valence-corrected chi connectivity index (χ4v) is 7.28. The normalized spacial score (nSPS) is 17.3. The molecule has 10 nitrogen and oxygen atoms in total. The number of fused-ring (bicyclic) bond motifs is 6. The number of hydrogen-bond acceptors (Lipinski definition) is 6. The number of halogens is 1. The Balaban J connectivity index is 0.000000202. The molecule has 8 rings (SSSR count). The predicted octanol–water partition coefficient (Wildman–Crippen LogP) is 12.1. The van der Waals surface area contributed by atoms with Crippen LogP contribution >= 0.6 is 15.9 Å². The van der Waals surface area contributed by atoms with E-state index in [-0.39, 0.29) is 41.7 Å². The number of amides is 2. The highest BCUT2D eigenvalue weighted by Gasteiger charge is 2.30. The third kappa shape index (κ3) is 11.8. The number of nitrogens with zero attached hydrogens (tertiary/aromatic N) is 5. The molecule has 0 saturated heterocycles. The molecule has 2 amide bonds. The van der Waals surface area contributed by atoms with Gasteiger partial charge in [0.15, 0.2) is 0 Å². The van der Waals surface area contributed by atoms with E-state index in [1.54, 1.807) is 72.1 Å². The number of aromatic nitrogens is 4. The zero-order chi connectivity index (χ0) is 53.3. The number of carbonyl (C=O) groups is 2. The molecular formula is C50H59BrN6O4. The lowest BCUT2D eigenvalue weighted by atomic mass is 10.0. The molecule has 2 aromatic carbocycles. The van der Waals surface area contributed by atoms with Gasteiger partial charge >= 0.3 is 12.2 Å². The van der Waals surface area contributed by atoms with Gasteiger partial charge < -0.3 is 28.8 Å². The Kier molecular flexibility index (Phi) is 9.96. The van der Waals surface area contributed by atoms with Crippen LogP contribution in [-0.4, -0.2) is 65.8 Å². The zero-order valence-electron chi connectivity index (χ0n) is 46.6. The SMILES string of the molecule is Cc1ccc2[nH]c3c(c2c1)CN(C(=O)OC(C)(C)C)CC3.[2H]c1cc(C([2H])([2H])[2H])ncc1C=CBr.[2H]c1cc(C([2H])([2H])[2H])ncc1C=Cn1c2c(c3cc(C([2H])([2H])[2H])ccc31)CN(C(=O)OC(C)(C)C)CC2. The van der Waals surface area contributed by atoms with Crippen molar-refractivity contribution in [3.63, 3.8) is 0 Å². The number of carbonyl (C=O) groups excluding carboxylic acids is 2. The van der Waals surface area contributed by atoms with Crippen LogP contribution in [0.25, 0.3) is 40.2 Å². The van der Waals surface area contributed by atoms with E-state index in [9.17, 15) is 9.59 Å². The van der Waals surface area contributed by atoms with Crippen molar-refractivity contribution >= 4 is 68.3 Å². The van der Waals surface area contributed by atoms with E-state index in [0.717, 1.165) is 34.1 Å². The summed E-state index contributed by atoms with van der Waals surface area (Å²) < 4.78 is 96.0. The van der Waals surface area contributed by atoms with Gasteiger partial charge in [-0.05, 0) is 134 Å². The fourth-order valence-electron chi connectivity index (χ4n) is 6.99. The molecule has 0 fully saturated rings. The number of ether oxygens (including phenoxy) is 2. The first-order chi connectivity index (χ1) is 33.3. The van der Waals surface area contributed by atoms with Crippen molar-refractivity contribution in [3.8, 4) is 0 Å². The van der Waals surface area contributed by atoms with Crippen molar-refractivity contribution in [1.82, 2.24) is 29.3 Å². The minimum atomic E-state index is -2.39. The molecule has 6 heterocycles. The van der Waals surface area contributed by atoms with Gasteiger partial charge in [0.2, 0.25) is 0 Å². The van der Waals surface area contributed by atoms with Crippen LogP contribution in [0.2, 0.25) is 0 Å². The number of aromatic amines is 1. The van der Waals surface area contributed by atoms with E-state index in [0.29, 0.717) is 37.2 Å². The second-order valence-electron chi connectivity index (χ2n) is 16.8. The van der Waals surface area contributed by atoms with Crippen LogP contribution in [0.3, 0.4) is 0 Å². The topological polar surface area (TPSA) is 106 Å². The van der Waals surface area contributed by atoms with Crippen molar-refractivity contribution < 1.29 is 34.1 Å². The van der Waals surface area contributed by atoms with Gasteiger partial charge in [-0.1, -0.05) is 51.3 Å². The molecule has 0 spiro atoms. The largest absolute Gasteiger partial charge is 0.444 e. The Morgan fingerprint density at radius 2 is 1.36 bits per heavy atom. The first-order valence-electron chi connectivity index (χ1n) is 25.4. The molecule has 0 aliphatic carbocycles. The van der Waals surface area contributed by atoms with Gasteiger partial charge in [0.1, 0.15) is 11.2 Å². The number of benzene rings is 2. The van der Waals surface area contributed by atoms with Crippen molar-refractivity contribution in [2.45, 2.75) is 106 Å². The van der Waals surface area contributed by atoms with E-state index in [1.807, 2.05) is 25.3 Å². The molecule has 1 N–H and O–H groups in total. The van der Waals surface area contributed by atoms with Gasteiger partial charge in [-0.25, -0.2) is 9.59 Å². The Bertz CT molecular complexity index is 3030. The Morgan fingerprint density at radius 1 is 0.770 bits per heavy atom. The zero-order valence-corrected chi connectivity index (χ0v) is 37.2. The third-order valence-corrected chi connectivity index (χ3v) is 9.97. The van der Waals surface area contributed by atoms with E-state index in [2.05, 4.69) is 56.0 Å². The monoisotopic (exact) mass is 897 g/mol. The van der Waals surface area contributed by atoms with Crippen molar-refractivity contribution in [2.75, 3.05) is 13.1 Å². The fraction of sp³-hybridized carbons (Fsp3) is 0.360. The molecule has 2 aliphatic rings. The second-order valence-corrected chi connectivity index (χ2v) is 17.4. The van der Waals surface area contributed by atoms with Gasteiger partial charge in [-0.15, -0.1) is 0 Å². The Labute approximate surface area is 384 Å². The summed E-state index contributed by atoms with van der Waals surface area (Å²) in [5.74, 6) is 0. The summed E-state index contributed by atoms with van der Waals surface area (Å²) in [7, 11) is 0. The summed E-state index contributed by atoms with van der Waals surface area (Å²) in [6.07, 6.45) is 8.52. The van der Waals surface area contributed by atoms with Crippen LogP contribution in [0.1, 0.15) is 113 Å². The van der Waals surface area contributed by atoms with E-state index >= 15 is 0 Å². The van der Waals surface area contributed by atoms with Crippen LogP contribution in [0.5, 0.6) is 0 Å². The molecule has 6 aromatic rings. The van der Waals surface area contributed by atoms with Gasteiger partial charge in [-0.2, -0.15) is 0 Å². The molecule has 11 heteroatoms. The molecule has 0 radical (unpaired) electrons. The van der Waals surface area contributed by atoms with Crippen LogP contribution in [0, 0.1) is 27.5 Å². The first kappa shape index (κ1) is 32.1. The lowest BCUT2D eigenvalue weighted by Gasteiger charge is -2.30. The van der Waals surface area contributed by atoms with Crippen LogP contribution in [0.4, 0.5) is 9.59 Å². The maximum absolute atomic E-state index is 12.8. The average molecular weight is 899 g/mol.